The van der Waals surface area contributed by atoms with E-state index in [1.165, 1.54) is 18.4 Å². The summed E-state index contributed by atoms with van der Waals surface area (Å²) in [5, 5.41) is 2.82. The highest BCUT2D eigenvalue weighted by molar-refractivity contribution is 14.1. The SMILES string of the molecule is Cc1ccc(NC(=O)c2ccc3c(c2)C(=O)N(Cc2ccco2)C3=O)cc1I. The number of carbonyl (C=O) groups is 3. The normalized spacial score (nSPS) is 13.0. The number of nitrogens with one attached hydrogen (secondary N) is 1. The van der Waals surface area contributed by atoms with Crippen LogP contribution in [0.1, 0.15) is 42.4 Å². The summed E-state index contributed by atoms with van der Waals surface area (Å²) in [6.07, 6.45) is 1.49. The molecule has 0 radical (unpaired) electrons. The number of hydrogen-bond donors (Lipinski definition) is 1. The van der Waals surface area contributed by atoms with Crippen LogP contribution in [0.4, 0.5) is 5.69 Å². The lowest BCUT2D eigenvalue weighted by molar-refractivity contribution is 0.0631. The van der Waals surface area contributed by atoms with Gasteiger partial charge in [0, 0.05) is 14.8 Å². The van der Waals surface area contributed by atoms with E-state index in [0.717, 1.165) is 14.0 Å². The third-order valence-electron chi connectivity index (χ3n) is 4.56. The smallest absolute Gasteiger partial charge is 0.261 e. The first-order valence-corrected chi connectivity index (χ1v) is 9.62. The number of hydrogen-bond acceptors (Lipinski definition) is 4. The van der Waals surface area contributed by atoms with E-state index in [-0.39, 0.29) is 23.6 Å². The van der Waals surface area contributed by atoms with Gasteiger partial charge in [0.15, 0.2) is 0 Å². The minimum absolute atomic E-state index is 0.0582. The topological polar surface area (TPSA) is 79.6 Å². The van der Waals surface area contributed by atoms with Crippen LogP contribution in [0, 0.1) is 10.5 Å². The van der Waals surface area contributed by atoms with E-state index in [0.29, 0.717) is 17.0 Å². The Labute approximate surface area is 174 Å². The number of amides is 3. The van der Waals surface area contributed by atoms with E-state index in [2.05, 4.69) is 27.9 Å². The molecule has 0 spiro atoms. The number of aryl methyl sites for hydroxylation is 1. The number of imide groups is 1. The second kappa shape index (κ2) is 7.23. The quantitative estimate of drug-likeness (QED) is 0.442. The van der Waals surface area contributed by atoms with Crippen LogP contribution < -0.4 is 5.32 Å². The van der Waals surface area contributed by atoms with Crippen molar-refractivity contribution in [3.8, 4) is 0 Å². The van der Waals surface area contributed by atoms with Crippen LogP contribution in [0.15, 0.2) is 59.2 Å². The molecular weight excluding hydrogens is 471 g/mol. The van der Waals surface area contributed by atoms with Crippen molar-refractivity contribution in [1.82, 2.24) is 4.90 Å². The molecule has 6 nitrogen and oxygen atoms in total. The lowest BCUT2D eigenvalue weighted by Crippen LogP contribution is -2.28. The molecule has 0 atom stereocenters. The Balaban J connectivity index is 1.57. The average molecular weight is 486 g/mol. The molecule has 0 aliphatic carbocycles. The first-order valence-electron chi connectivity index (χ1n) is 8.54. The standard InChI is InChI=1S/C21H15IN2O4/c1-12-4-6-14(10-18(12)22)23-19(25)13-5-7-16-17(9-13)21(27)24(20(16)26)11-15-3-2-8-28-15/h2-10H,11H2,1H3,(H,23,25). The van der Waals surface area contributed by atoms with Crippen molar-refractivity contribution in [2.45, 2.75) is 13.5 Å². The summed E-state index contributed by atoms with van der Waals surface area (Å²) in [6.45, 7) is 2.05. The monoisotopic (exact) mass is 486 g/mol. The molecule has 1 aromatic heterocycles. The van der Waals surface area contributed by atoms with E-state index in [1.54, 1.807) is 18.2 Å². The number of benzene rings is 2. The first-order chi connectivity index (χ1) is 13.4. The second-order valence-electron chi connectivity index (χ2n) is 6.45. The van der Waals surface area contributed by atoms with Gasteiger partial charge in [0.25, 0.3) is 17.7 Å². The minimum atomic E-state index is -0.434. The molecule has 28 heavy (non-hydrogen) atoms. The number of fused-ring (bicyclic) bond motifs is 1. The molecule has 0 fully saturated rings. The fourth-order valence-electron chi connectivity index (χ4n) is 3.01. The maximum atomic E-state index is 12.7. The van der Waals surface area contributed by atoms with Crippen LogP contribution in [0.2, 0.25) is 0 Å². The van der Waals surface area contributed by atoms with Crippen molar-refractivity contribution >= 4 is 46.0 Å². The molecule has 1 N–H and O–H groups in total. The van der Waals surface area contributed by atoms with E-state index in [4.69, 9.17) is 4.42 Å². The highest BCUT2D eigenvalue weighted by Gasteiger charge is 2.36. The second-order valence-corrected chi connectivity index (χ2v) is 7.62. The van der Waals surface area contributed by atoms with E-state index < -0.39 is 11.8 Å². The summed E-state index contributed by atoms with van der Waals surface area (Å²) in [6, 6.07) is 13.6. The van der Waals surface area contributed by atoms with E-state index in [1.807, 2.05) is 25.1 Å². The first kappa shape index (κ1) is 18.4. The van der Waals surface area contributed by atoms with Gasteiger partial charge in [-0.2, -0.15) is 0 Å². The number of rotatable bonds is 4. The van der Waals surface area contributed by atoms with E-state index in [9.17, 15) is 14.4 Å². The maximum absolute atomic E-state index is 12.7. The van der Waals surface area contributed by atoms with Crippen molar-refractivity contribution < 1.29 is 18.8 Å². The third kappa shape index (κ3) is 3.33. The van der Waals surface area contributed by atoms with Crippen LogP contribution in [-0.2, 0) is 6.54 Å². The average Bonchev–Trinajstić information content (AvgIpc) is 3.28. The number of nitrogens with zero attached hydrogens (tertiary/aromatic N) is 1. The molecule has 0 bridgehead atoms. The van der Waals surface area contributed by atoms with Crippen molar-refractivity contribution in [1.29, 1.82) is 0 Å². The maximum Gasteiger partial charge on any atom is 0.261 e. The third-order valence-corrected chi connectivity index (χ3v) is 5.72. The number of anilines is 1. The molecular formula is C21H15IN2O4. The summed E-state index contributed by atoms with van der Waals surface area (Å²) in [7, 11) is 0. The van der Waals surface area contributed by atoms with Crippen LogP contribution in [0.25, 0.3) is 0 Å². The Bertz CT molecular complexity index is 1110. The van der Waals surface area contributed by atoms with Crippen molar-refractivity contribution in [2.75, 3.05) is 5.32 Å². The molecule has 7 heteroatoms. The molecule has 3 aromatic rings. The van der Waals surface area contributed by atoms with Gasteiger partial charge in [-0.05, 0) is 77.5 Å². The fraction of sp³-hybridized carbons (Fsp3) is 0.0952. The minimum Gasteiger partial charge on any atom is -0.467 e. The molecule has 2 aromatic carbocycles. The van der Waals surface area contributed by atoms with Crippen LogP contribution in [-0.4, -0.2) is 22.6 Å². The lowest BCUT2D eigenvalue weighted by atomic mass is 10.1. The van der Waals surface area contributed by atoms with Gasteiger partial charge in [-0.15, -0.1) is 0 Å². The van der Waals surface area contributed by atoms with Gasteiger partial charge < -0.3 is 9.73 Å². The van der Waals surface area contributed by atoms with Gasteiger partial charge in [-0.3, -0.25) is 19.3 Å². The van der Waals surface area contributed by atoms with Crippen LogP contribution in [0.5, 0.6) is 0 Å². The highest BCUT2D eigenvalue weighted by Crippen LogP contribution is 2.26. The zero-order chi connectivity index (χ0) is 19.8. The molecule has 3 amide bonds. The molecule has 2 heterocycles. The van der Waals surface area contributed by atoms with Gasteiger partial charge in [0.05, 0.1) is 23.9 Å². The molecule has 0 saturated carbocycles. The van der Waals surface area contributed by atoms with Crippen molar-refractivity contribution in [3.63, 3.8) is 0 Å². The van der Waals surface area contributed by atoms with Gasteiger partial charge in [0.1, 0.15) is 5.76 Å². The molecule has 0 unspecified atom stereocenters. The summed E-state index contributed by atoms with van der Waals surface area (Å²) in [5.41, 5.74) is 2.62. The van der Waals surface area contributed by atoms with E-state index >= 15 is 0 Å². The Morgan fingerprint density at radius 2 is 1.86 bits per heavy atom. The van der Waals surface area contributed by atoms with Crippen molar-refractivity contribution in [2.24, 2.45) is 0 Å². The molecule has 1 aliphatic rings. The zero-order valence-electron chi connectivity index (χ0n) is 14.9. The summed E-state index contributed by atoms with van der Waals surface area (Å²) < 4.78 is 6.27. The fourth-order valence-corrected chi connectivity index (χ4v) is 3.52. The predicted octanol–water partition coefficient (Wildman–Crippen LogP) is 4.24. The highest BCUT2D eigenvalue weighted by atomic mass is 127. The summed E-state index contributed by atoms with van der Waals surface area (Å²) in [4.78, 5) is 38.9. The largest absolute Gasteiger partial charge is 0.467 e. The Kier molecular flexibility index (Phi) is 4.76. The molecule has 0 saturated heterocycles. The summed E-state index contributed by atoms with van der Waals surface area (Å²) in [5.74, 6) is -0.652. The van der Waals surface area contributed by atoms with Crippen LogP contribution in [0.3, 0.4) is 0 Å². The lowest BCUT2D eigenvalue weighted by Gasteiger charge is -2.11. The number of carbonyl (C=O) groups excluding carboxylic acids is 3. The number of halogens is 1. The van der Waals surface area contributed by atoms with Gasteiger partial charge in [-0.1, -0.05) is 6.07 Å². The number of furan rings is 1. The van der Waals surface area contributed by atoms with Gasteiger partial charge >= 0.3 is 0 Å². The molecule has 140 valence electrons. The summed E-state index contributed by atoms with van der Waals surface area (Å²) >= 11 is 2.20. The predicted molar refractivity (Wildman–Crippen MR) is 111 cm³/mol. The van der Waals surface area contributed by atoms with Gasteiger partial charge in [0.2, 0.25) is 0 Å². The van der Waals surface area contributed by atoms with Crippen LogP contribution >= 0.6 is 22.6 Å². The Morgan fingerprint density at radius 1 is 1.07 bits per heavy atom. The Morgan fingerprint density at radius 3 is 2.57 bits per heavy atom. The van der Waals surface area contributed by atoms with Crippen molar-refractivity contribution in [3.05, 3.63) is 86.4 Å². The zero-order valence-corrected chi connectivity index (χ0v) is 17.0. The molecule has 4 rings (SSSR count). The Hall–Kier alpha value is -2.94. The van der Waals surface area contributed by atoms with Gasteiger partial charge in [-0.25, -0.2) is 0 Å². The molecule has 1 aliphatic heterocycles.